The zero-order valence-corrected chi connectivity index (χ0v) is 16.4. The van der Waals surface area contributed by atoms with E-state index < -0.39 is 11.9 Å². The van der Waals surface area contributed by atoms with Gasteiger partial charge in [0.1, 0.15) is 17.6 Å². The molecule has 1 aliphatic rings. The number of benzene rings is 1. The van der Waals surface area contributed by atoms with Crippen LogP contribution in [0.3, 0.4) is 0 Å². The van der Waals surface area contributed by atoms with Crippen LogP contribution in [0.2, 0.25) is 0 Å². The van der Waals surface area contributed by atoms with E-state index in [4.69, 9.17) is 5.73 Å². The monoisotopic (exact) mass is 420 g/mol. The first kappa shape index (κ1) is 19.0. The van der Waals surface area contributed by atoms with Crippen LogP contribution in [0.5, 0.6) is 5.75 Å². The molecular weight excluding hydrogens is 400 g/mol. The smallest absolute Gasteiger partial charge is 0.306 e. The molecule has 158 valence electrons. The van der Waals surface area contributed by atoms with E-state index in [0.717, 1.165) is 5.39 Å². The van der Waals surface area contributed by atoms with E-state index in [1.165, 1.54) is 6.33 Å². The highest BCUT2D eigenvalue weighted by atomic mass is 16.4. The number of carboxylic acid groups (broad SMARTS) is 1. The molecule has 10 nitrogen and oxygen atoms in total. The number of para-hydroxylation sites is 1. The predicted octanol–water partition coefficient (Wildman–Crippen LogP) is 2.44. The van der Waals surface area contributed by atoms with Crippen molar-refractivity contribution in [3.05, 3.63) is 40.9 Å². The Kier molecular flexibility index (Phi) is 4.35. The second-order valence-electron chi connectivity index (χ2n) is 7.83. The number of phenols is 1. The third-order valence-electron chi connectivity index (χ3n) is 6.00. The number of aliphatic carboxylic acids is 1. The molecule has 5 rings (SSSR count). The van der Waals surface area contributed by atoms with E-state index in [1.54, 1.807) is 22.8 Å². The van der Waals surface area contributed by atoms with Crippen LogP contribution < -0.4 is 11.3 Å². The number of nitrogens with two attached hydrogens (primary N) is 1. The van der Waals surface area contributed by atoms with Crippen molar-refractivity contribution in [3.63, 3.8) is 0 Å². The lowest BCUT2D eigenvalue weighted by molar-refractivity contribution is -0.143. The summed E-state index contributed by atoms with van der Waals surface area (Å²) in [6, 6.07) is 6.62. The van der Waals surface area contributed by atoms with Crippen molar-refractivity contribution < 1.29 is 15.0 Å². The zero-order valence-electron chi connectivity index (χ0n) is 16.4. The maximum atomic E-state index is 13.6. The van der Waals surface area contributed by atoms with E-state index in [1.807, 2.05) is 6.07 Å². The van der Waals surface area contributed by atoms with Gasteiger partial charge in [0.15, 0.2) is 17.2 Å². The van der Waals surface area contributed by atoms with Crippen LogP contribution >= 0.6 is 0 Å². The first-order valence-corrected chi connectivity index (χ1v) is 10.0. The molecular formula is C21H20N6O4. The zero-order chi connectivity index (χ0) is 21.7. The largest absolute Gasteiger partial charge is 0.506 e. The Bertz CT molecular complexity index is 1380. The van der Waals surface area contributed by atoms with Gasteiger partial charge in [-0.25, -0.2) is 15.0 Å². The van der Waals surface area contributed by atoms with Crippen molar-refractivity contribution in [2.45, 2.75) is 31.7 Å². The number of carbonyl (C=O) groups is 1. The lowest BCUT2D eigenvalue weighted by Crippen LogP contribution is -2.32. The summed E-state index contributed by atoms with van der Waals surface area (Å²) in [5.41, 5.74) is 7.43. The number of nitrogens with zero attached hydrogens (tertiary/aromatic N) is 4. The number of phenolic OH excluding ortho intramolecular Hbond substituents is 1. The van der Waals surface area contributed by atoms with Gasteiger partial charge in [-0.05, 0) is 37.8 Å². The predicted molar refractivity (Wildman–Crippen MR) is 114 cm³/mol. The summed E-state index contributed by atoms with van der Waals surface area (Å²) >= 11 is 0. The van der Waals surface area contributed by atoms with Crippen molar-refractivity contribution in [1.29, 1.82) is 0 Å². The average molecular weight is 420 g/mol. The molecule has 5 N–H and O–H groups in total. The van der Waals surface area contributed by atoms with Crippen molar-refractivity contribution in [2.24, 2.45) is 5.92 Å². The normalized spacial score (nSPS) is 19.1. The van der Waals surface area contributed by atoms with Crippen LogP contribution in [0.1, 0.15) is 31.7 Å². The summed E-state index contributed by atoms with van der Waals surface area (Å²) in [5.74, 6) is -0.996. The summed E-state index contributed by atoms with van der Waals surface area (Å²) in [7, 11) is 0. The summed E-state index contributed by atoms with van der Waals surface area (Å²) in [6.07, 6.45) is 3.32. The number of fused-ring (bicyclic) bond motifs is 2. The van der Waals surface area contributed by atoms with Crippen LogP contribution in [-0.4, -0.2) is 40.7 Å². The third-order valence-corrected chi connectivity index (χ3v) is 6.00. The Morgan fingerprint density at radius 1 is 1.19 bits per heavy atom. The molecule has 4 aromatic rings. The first-order valence-electron chi connectivity index (χ1n) is 10.0. The summed E-state index contributed by atoms with van der Waals surface area (Å²) in [5, 5.41) is 20.2. The number of carboxylic acids is 1. The summed E-state index contributed by atoms with van der Waals surface area (Å²) in [4.78, 5) is 40.7. The second-order valence-corrected chi connectivity index (χ2v) is 7.83. The first-order chi connectivity index (χ1) is 14.9. The van der Waals surface area contributed by atoms with Crippen molar-refractivity contribution in [1.82, 2.24) is 24.5 Å². The fourth-order valence-corrected chi connectivity index (χ4v) is 4.40. The fraction of sp³-hybridized carbons (Fsp3) is 0.286. The number of hydrogen-bond acceptors (Lipinski definition) is 7. The van der Waals surface area contributed by atoms with Gasteiger partial charge in [0.25, 0.3) is 5.56 Å². The van der Waals surface area contributed by atoms with Gasteiger partial charge in [-0.15, -0.1) is 0 Å². The number of rotatable bonds is 3. The molecule has 31 heavy (non-hydrogen) atoms. The van der Waals surface area contributed by atoms with Crippen molar-refractivity contribution in [2.75, 3.05) is 5.73 Å². The van der Waals surface area contributed by atoms with Crippen molar-refractivity contribution >= 4 is 33.9 Å². The van der Waals surface area contributed by atoms with E-state index >= 15 is 0 Å². The number of hydrogen-bond donors (Lipinski definition) is 4. The molecule has 0 spiro atoms. The molecule has 3 heterocycles. The minimum Gasteiger partial charge on any atom is -0.506 e. The number of nitrogens with one attached hydrogen (secondary N) is 1. The minimum atomic E-state index is -0.810. The highest BCUT2D eigenvalue weighted by Gasteiger charge is 2.30. The van der Waals surface area contributed by atoms with Crippen molar-refractivity contribution in [3.8, 4) is 17.1 Å². The fourth-order valence-electron chi connectivity index (χ4n) is 4.40. The molecule has 0 atom stereocenters. The van der Waals surface area contributed by atoms with Gasteiger partial charge in [-0.2, -0.15) is 0 Å². The molecule has 0 radical (unpaired) electrons. The number of aromatic hydroxyl groups is 1. The molecule has 0 unspecified atom stereocenters. The summed E-state index contributed by atoms with van der Waals surface area (Å²) < 4.78 is 1.57. The molecule has 1 saturated carbocycles. The van der Waals surface area contributed by atoms with E-state index in [-0.39, 0.29) is 28.9 Å². The number of anilines is 1. The lowest BCUT2D eigenvalue weighted by atomic mass is 9.86. The summed E-state index contributed by atoms with van der Waals surface area (Å²) in [6.45, 7) is 0. The van der Waals surface area contributed by atoms with Gasteiger partial charge >= 0.3 is 5.97 Å². The number of aromatic nitrogens is 5. The van der Waals surface area contributed by atoms with Gasteiger partial charge in [-0.3, -0.25) is 14.2 Å². The molecule has 0 bridgehead atoms. The van der Waals surface area contributed by atoms with Gasteiger partial charge in [0.2, 0.25) is 0 Å². The van der Waals surface area contributed by atoms with E-state index in [2.05, 4.69) is 19.9 Å². The molecule has 3 aromatic heterocycles. The standard InChI is InChI=1S/C21H20N6O4/c22-18-17-19(24-9-23-18)27(12-6-4-10(5-7-12)21(30)31)20(29)16(26-17)13-8-11-2-1-3-14(28)15(11)25-13/h1-3,8-10,12,25,28H,4-7H2,(H,30,31)(H2,22,23,24). The van der Waals surface area contributed by atoms with Gasteiger partial charge in [0, 0.05) is 11.4 Å². The van der Waals surface area contributed by atoms with Gasteiger partial charge < -0.3 is 20.9 Å². The topological polar surface area (TPSA) is 160 Å². The molecule has 0 saturated heterocycles. The van der Waals surface area contributed by atoms with Crippen LogP contribution in [0, 0.1) is 5.92 Å². The Labute approximate surface area is 175 Å². The highest BCUT2D eigenvalue weighted by Crippen LogP contribution is 2.34. The highest BCUT2D eigenvalue weighted by molar-refractivity contribution is 5.90. The van der Waals surface area contributed by atoms with Crippen LogP contribution in [0.4, 0.5) is 5.82 Å². The molecule has 1 aliphatic carbocycles. The Balaban J connectivity index is 1.71. The lowest BCUT2D eigenvalue weighted by Gasteiger charge is -2.28. The van der Waals surface area contributed by atoms with E-state index in [0.29, 0.717) is 48.1 Å². The maximum Gasteiger partial charge on any atom is 0.306 e. The number of aromatic amines is 1. The Morgan fingerprint density at radius 2 is 1.97 bits per heavy atom. The number of nitrogen functional groups attached to an aromatic ring is 1. The molecule has 0 aliphatic heterocycles. The van der Waals surface area contributed by atoms with Gasteiger partial charge in [0.05, 0.1) is 17.1 Å². The minimum absolute atomic E-state index is 0.0692. The average Bonchev–Trinajstić information content (AvgIpc) is 3.19. The van der Waals surface area contributed by atoms with Crippen LogP contribution in [0.25, 0.3) is 33.5 Å². The molecule has 1 fully saturated rings. The Morgan fingerprint density at radius 3 is 2.68 bits per heavy atom. The second kappa shape index (κ2) is 7.08. The number of H-pyrrole nitrogens is 1. The van der Waals surface area contributed by atoms with E-state index in [9.17, 15) is 19.8 Å². The van der Waals surface area contributed by atoms with Crippen LogP contribution in [0.15, 0.2) is 35.4 Å². The van der Waals surface area contributed by atoms with Gasteiger partial charge in [-0.1, -0.05) is 12.1 Å². The maximum absolute atomic E-state index is 13.6. The molecule has 10 heteroatoms. The third kappa shape index (κ3) is 3.07. The molecule has 0 amide bonds. The molecule has 1 aromatic carbocycles. The van der Waals surface area contributed by atoms with Crippen LogP contribution in [-0.2, 0) is 4.79 Å². The Hall–Kier alpha value is -3.95. The SMILES string of the molecule is Nc1ncnc2c1nc(-c1cc3cccc(O)c3[nH]1)c(=O)n2C1CCC(C(=O)O)CC1. The quantitative estimate of drug-likeness (QED) is 0.393.